The minimum absolute atomic E-state index is 0.00722. The van der Waals surface area contributed by atoms with Gasteiger partial charge in [0.05, 0.1) is 11.7 Å². The lowest BCUT2D eigenvalue weighted by Gasteiger charge is -2.13. The van der Waals surface area contributed by atoms with Gasteiger partial charge in [-0.25, -0.2) is 9.97 Å². The van der Waals surface area contributed by atoms with Crippen molar-refractivity contribution in [3.63, 3.8) is 0 Å². The number of nitrogens with two attached hydrogens (primary N) is 1. The van der Waals surface area contributed by atoms with Crippen molar-refractivity contribution in [2.24, 2.45) is 5.73 Å². The number of rotatable bonds is 4. The van der Waals surface area contributed by atoms with Crippen LogP contribution in [0.1, 0.15) is 24.4 Å². The van der Waals surface area contributed by atoms with Gasteiger partial charge in [0.25, 0.3) is 0 Å². The number of pyridine rings is 1. The number of hydrogen-bond donors (Lipinski definition) is 2. The highest BCUT2D eigenvalue weighted by molar-refractivity contribution is 7.80. The highest BCUT2D eigenvalue weighted by Gasteiger charge is 2.08. The molecule has 92 valence electrons. The number of hydrogen-bond acceptors (Lipinski definition) is 5. The maximum atomic E-state index is 5.53. The smallest absolute Gasteiger partial charge is 0.223 e. The molecule has 2 aromatic rings. The maximum absolute atomic E-state index is 5.53. The van der Waals surface area contributed by atoms with Crippen molar-refractivity contribution in [1.29, 1.82) is 0 Å². The lowest BCUT2D eigenvalue weighted by atomic mass is 10.2. The molecule has 0 aliphatic rings. The Morgan fingerprint density at radius 2 is 2.11 bits per heavy atom. The van der Waals surface area contributed by atoms with Crippen molar-refractivity contribution >= 4 is 23.2 Å². The third-order valence-electron chi connectivity index (χ3n) is 2.39. The SMILES string of the molecule is CC(Nc1nccc(C(N)=S)n1)c1ccccn1. The standard InChI is InChI=1S/C12H13N5S/c1-8(9-4-2-3-6-14-9)16-12-15-7-5-10(17-12)11(13)18/h2-8H,1H3,(H2,13,18)(H,15,16,17). The Kier molecular flexibility index (Phi) is 3.78. The van der Waals surface area contributed by atoms with Gasteiger partial charge in [-0.2, -0.15) is 0 Å². The van der Waals surface area contributed by atoms with Gasteiger partial charge in [0.2, 0.25) is 5.95 Å². The normalized spacial score (nSPS) is 11.8. The minimum atomic E-state index is 0.00722. The summed E-state index contributed by atoms with van der Waals surface area (Å²) in [6, 6.07) is 7.44. The van der Waals surface area contributed by atoms with Crippen LogP contribution in [0.3, 0.4) is 0 Å². The Bertz CT molecular complexity index is 543. The van der Waals surface area contributed by atoms with E-state index in [2.05, 4.69) is 20.3 Å². The maximum Gasteiger partial charge on any atom is 0.223 e. The van der Waals surface area contributed by atoms with E-state index in [0.29, 0.717) is 11.6 Å². The number of thiocarbonyl (C=S) groups is 1. The third kappa shape index (κ3) is 2.98. The summed E-state index contributed by atoms with van der Waals surface area (Å²) in [5.74, 6) is 0.485. The van der Waals surface area contributed by atoms with E-state index in [0.717, 1.165) is 5.69 Å². The van der Waals surface area contributed by atoms with Crippen molar-refractivity contribution < 1.29 is 0 Å². The van der Waals surface area contributed by atoms with Gasteiger partial charge >= 0.3 is 0 Å². The first kappa shape index (κ1) is 12.4. The lowest BCUT2D eigenvalue weighted by Crippen LogP contribution is -2.15. The molecule has 1 unspecified atom stereocenters. The molecule has 0 fully saturated rings. The zero-order chi connectivity index (χ0) is 13.0. The summed E-state index contributed by atoms with van der Waals surface area (Å²) in [7, 11) is 0. The molecule has 0 aromatic carbocycles. The van der Waals surface area contributed by atoms with Crippen molar-refractivity contribution in [2.75, 3.05) is 5.32 Å². The van der Waals surface area contributed by atoms with E-state index in [4.69, 9.17) is 18.0 Å². The second-order valence-corrected chi connectivity index (χ2v) is 4.19. The average Bonchev–Trinajstić information content (AvgIpc) is 2.40. The molecule has 0 amide bonds. The average molecular weight is 259 g/mol. The fourth-order valence-corrected chi connectivity index (χ4v) is 1.58. The highest BCUT2D eigenvalue weighted by Crippen LogP contribution is 2.13. The molecule has 2 aromatic heterocycles. The molecule has 1 atom stereocenters. The summed E-state index contributed by atoms with van der Waals surface area (Å²) in [6.45, 7) is 1.99. The molecule has 0 spiro atoms. The van der Waals surface area contributed by atoms with Gasteiger partial charge in [-0.3, -0.25) is 4.98 Å². The third-order valence-corrected chi connectivity index (χ3v) is 2.59. The molecule has 6 heteroatoms. The van der Waals surface area contributed by atoms with Gasteiger partial charge in [0, 0.05) is 12.4 Å². The zero-order valence-corrected chi connectivity index (χ0v) is 10.7. The highest BCUT2D eigenvalue weighted by atomic mass is 32.1. The number of anilines is 1. The predicted molar refractivity (Wildman–Crippen MR) is 74.2 cm³/mol. The lowest BCUT2D eigenvalue weighted by molar-refractivity contribution is 0.821. The quantitative estimate of drug-likeness (QED) is 0.813. The summed E-state index contributed by atoms with van der Waals surface area (Å²) in [5.41, 5.74) is 7.00. The molecule has 0 radical (unpaired) electrons. The summed E-state index contributed by atoms with van der Waals surface area (Å²) < 4.78 is 0. The first-order valence-corrected chi connectivity index (χ1v) is 5.88. The van der Waals surface area contributed by atoms with Crippen LogP contribution in [-0.2, 0) is 0 Å². The zero-order valence-electron chi connectivity index (χ0n) is 9.87. The van der Waals surface area contributed by atoms with Gasteiger partial charge < -0.3 is 11.1 Å². The molecule has 0 bridgehead atoms. The molecule has 5 nitrogen and oxygen atoms in total. The van der Waals surface area contributed by atoms with E-state index in [9.17, 15) is 0 Å². The Hall–Kier alpha value is -2.08. The molecular formula is C12H13N5S. The molecule has 0 aliphatic carbocycles. The van der Waals surface area contributed by atoms with Crippen LogP contribution in [0, 0.1) is 0 Å². The molecule has 3 N–H and O–H groups in total. The molecule has 0 saturated heterocycles. The van der Waals surface area contributed by atoms with Gasteiger partial charge in [0.15, 0.2) is 0 Å². The largest absolute Gasteiger partial charge is 0.388 e. The van der Waals surface area contributed by atoms with Crippen LogP contribution < -0.4 is 11.1 Å². The Labute approximate surface area is 110 Å². The molecular weight excluding hydrogens is 246 g/mol. The Balaban J connectivity index is 2.14. The fourth-order valence-electron chi connectivity index (χ4n) is 1.47. The van der Waals surface area contributed by atoms with E-state index < -0.39 is 0 Å². The second kappa shape index (κ2) is 5.50. The van der Waals surface area contributed by atoms with Gasteiger partial charge in [-0.05, 0) is 25.1 Å². The van der Waals surface area contributed by atoms with E-state index in [1.54, 1.807) is 18.5 Å². The summed E-state index contributed by atoms with van der Waals surface area (Å²) in [6.07, 6.45) is 3.37. The molecule has 2 rings (SSSR count). The van der Waals surface area contributed by atoms with Gasteiger partial charge in [-0.15, -0.1) is 0 Å². The number of nitrogens with zero attached hydrogens (tertiary/aromatic N) is 3. The van der Waals surface area contributed by atoms with Crippen molar-refractivity contribution in [1.82, 2.24) is 15.0 Å². The van der Waals surface area contributed by atoms with Gasteiger partial charge in [-0.1, -0.05) is 18.3 Å². The first-order valence-electron chi connectivity index (χ1n) is 5.47. The molecule has 0 saturated carbocycles. The Morgan fingerprint density at radius 3 is 2.78 bits per heavy atom. The van der Waals surface area contributed by atoms with E-state index >= 15 is 0 Å². The second-order valence-electron chi connectivity index (χ2n) is 3.75. The van der Waals surface area contributed by atoms with Crippen LogP contribution >= 0.6 is 12.2 Å². The van der Waals surface area contributed by atoms with Crippen molar-refractivity contribution in [2.45, 2.75) is 13.0 Å². The van der Waals surface area contributed by atoms with Crippen LogP contribution in [-0.4, -0.2) is 19.9 Å². The topological polar surface area (TPSA) is 76.7 Å². The molecule has 2 heterocycles. The molecule has 18 heavy (non-hydrogen) atoms. The summed E-state index contributed by atoms with van der Waals surface area (Å²) >= 11 is 4.88. The van der Waals surface area contributed by atoms with Crippen LogP contribution in [0.4, 0.5) is 5.95 Å². The van der Waals surface area contributed by atoms with E-state index in [1.165, 1.54) is 0 Å². The van der Waals surface area contributed by atoms with Crippen LogP contribution in [0.25, 0.3) is 0 Å². The van der Waals surface area contributed by atoms with Crippen LogP contribution in [0.15, 0.2) is 36.7 Å². The number of aromatic nitrogens is 3. The van der Waals surface area contributed by atoms with Crippen molar-refractivity contribution in [3.8, 4) is 0 Å². The summed E-state index contributed by atoms with van der Waals surface area (Å²) in [4.78, 5) is 12.9. The van der Waals surface area contributed by atoms with Crippen LogP contribution in [0.2, 0.25) is 0 Å². The van der Waals surface area contributed by atoms with E-state index in [1.807, 2.05) is 25.1 Å². The van der Waals surface area contributed by atoms with E-state index in [-0.39, 0.29) is 11.0 Å². The van der Waals surface area contributed by atoms with Crippen molar-refractivity contribution in [3.05, 3.63) is 48.0 Å². The Morgan fingerprint density at radius 1 is 1.28 bits per heavy atom. The first-order chi connectivity index (χ1) is 8.66. The summed E-state index contributed by atoms with van der Waals surface area (Å²) in [5, 5.41) is 3.15. The number of nitrogens with one attached hydrogen (secondary N) is 1. The fraction of sp³-hybridized carbons (Fsp3) is 0.167. The monoisotopic (exact) mass is 259 g/mol. The van der Waals surface area contributed by atoms with Gasteiger partial charge in [0.1, 0.15) is 10.7 Å². The minimum Gasteiger partial charge on any atom is -0.388 e. The molecule has 0 aliphatic heterocycles. The predicted octanol–water partition coefficient (Wildman–Crippen LogP) is 1.68. The van der Waals surface area contributed by atoms with Crippen LogP contribution in [0.5, 0.6) is 0 Å².